The van der Waals surface area contributed by atoms with E-state index in [1.807, 2.05) is 36.4 Å². The lowest BCUT2D eigenvalue weighted by Crippen LogP contribution is -2.09. The molecule has 2 aromatic heterocycles. The van der Waals surface area contributed by atoms with Gasteiger partial charge in [0.2, 0.25) is 9.84 Å². The van der Waals surface area contributed by atoms with Gasteiger partial charge >= 0.3 is 0 Å². The monoisotopic (exact) mass is 460 g/mol. The first kappa shape index (κ1) is 21.1. The Morgan fingerprint density at radius 2 is 1.48 bits per heavy atom. The molecular formula is C25H21FN4O2S. The van der Waals surface area contributed by atoms with E-state index in [1.54, 1.807) is 10.6 Å². The number of halogens is 1. The largest absolute Gasteiger partial charge is 0.384 e. The number of nitrogens with two attached hydrogens (primary N) is 1. The summed E-state index contributed by atoms with van der Waals surface area (Å²) in [5.41, 5.74) is 9.48. The van der Waals surface area contributed by atoms with E-state index in [9.17, 15) is 12.8 Å². The van der Waals surface area contributed by atoms with Crippen LogP contribution in [0.3, 0.4) is 0 Å². The number of hydrogen-bond acceptors (Lipinski definition) is 5. The van der Waals surface area contributed by atoms with Crippen molar-refractivity contribution >= 4 is 37.9 Å². The zero-order valence-corrected chi connectivity index (χ0v) is 18.5. The van der Waals surface area contributed by atoms with E-state index in [0.29, 0.717) is 23.2 Å². The first-order valence-electron chi connectivity index (χ1n) is 10.5. The fraction of sp³-hybridized carbons (Fsp3) is 0.120. The number of para-hydroxylation sites is 2. The number of aromatic nitrogens is 3. The van der Waals surface area contributed by atoms with Crippen molar-refractivity contribution in [3.8, 4) is 0 Å². The Bertz CT molecular complexity index is 1560. The van der Waals surface area contributed by atoms with Crippen LogP contribution in [0.1, 0.15) is 12.0 Å². The Morgan fingerprint density at radius 1 is 0.848 bits per heavy atom. The minimum Gasteiger partial charge on any atom is -0.384 e. The lowest BCUT2D eigenvalue weighted by molar-refractivity contribution is 0.595. The molecule has 0 radical (unpaired) electrons. The molecular weight excluding hydrogens is 439 g/mol. The minimum atomic E-state index is -4.05. The SMILES string of the molecule is Nc1c(S(=O)(=O)c2ccc(F)cc2)c2nc3ccccc3nc2n1CCCc1ccccc1. The summed E-state index contributed by atoms with van der Waals surface area (Å²) in [4.78, 5) is 9.18. The summed E-state index contributed by atoms with van der Waals surface area (Å²) in [7, 11) is -4.05. The van der Waals surface area contributed by atoms with Crippen LogP contribution in [0.5, 0.6) is 0 Å². The molecule has 0 fully saturated rings. The highest BCUT2D eigenvalue weighted by atomic mass is 32.2. The molecule has 0 spiro atoms. The van der Waals surface area contributed by atoms with Crippen LogP contribution >= 0.6 is 0 Å². The van der Waals surface area contributed by atoms with Gasteiger partial charge in [-0.05, 0) is 54.8 Å². The van der Waals surface area contributed by atoms with E-state index < -0.39 is 15.7 Å². The molecule has 0 saturated carbocycles. The van der Waals surface area contributed by atoms with Crippen molar-refractivity contribution in [2.24, 2.45) is 0 Å². The maximum absolute atomic E-state index is 13.5. The molecule has 3 aromatic carbocycles. The van der Waals surface area contributed by atoms with Gasteiger partial charge in [0.05, 0.1) is 15.9 Å². The molecule has 8 heteroatoms. The first-order chi connectivity index (χ1) is 15.9. The predicted molar refractivity (Wildman–Crippen MR) is 126 cm³/mol. The van der Waals surface area contributed by atoms with Crippen LogP contribution in [0.15, 0.2) is 88.7 Å². The van der Waals surface area contributed by atoms with Crippen molar-refractivity contribution < 1.29 is 12.8 Å². The second-order valence-corrected chi connectivity index (χ2v) is 9.68. The van der Waals surface area contributed by atoms with Crippen LogP contribution in [0, 0.1) is 5.82 Å². The van der Waals surface area contributed by atoms with E-state index in [4.69, 9.17) is 10.7 Å². The molecule has 5 rings (SSSR count). The molecule has 0 bridgehead atoms. The molecule has 6 nitrogen and oxygen atoms in total. The van der Waals surface area contributed by atoms with Gasteiger partial charge in [0.15, 0.2) is 5.65 Å². The molecule has 0 unspecified atom stereocenters. The van der Waals surface area contributed by atoms with Crippen molar-refractivity contribution in [3.63, 3.8) is 0 Å². The number of nitrogen functional groups attached to an aromatic ring is 1. The van der Waals surface area contributed by atoms with Gasteiger partial charge in [-0.25, -0.2) is 22.8 Å². The highest BCUT2D eigenvalue weighted by Crippen LogP contribution is 2.35. The van der Waals surface area contributed by atoms with Gasteiger partial charge in [-0.3, -0.25) is 0 Å². The van der Waals surface area contributed by atoms with Gasteiger partial charge < -0.3 is 10.3 Å². The van der Waals surface area contributed by atoms with Crippen LogP contribution in [0.25, 0.3) is 22.2 Å². The predicted octanol–water partition coefficient (Wildman–Crippen LogP) is 4.77. The van der Waals surface area contributed by atoms with Gasteiger partial charge in [0, 0.05) is 6.54 Å². The van der Waals surface area contributed by atoms with E-state index in [1.165, 1.54) is 17.7 Å². The normalized spacial score (nSPS) is 11.9. The van der Waals surface area contributed by atoms with Gasteiger partial charge in [-0.2, -0.15) is 0 Å². The van der Waals surface area contributed by atoms with Crippen molar-refractivity contribution in [1.29, 1.82) is 0 Å². The second-order valence-electron chi connectivity index (χ2n) is 7.80. The molecule has 2 heterocycles. The summed E-state index contributed by atoms with van der Waals surface area (Å²) in [6.45, 7) is 0.475. The van der Waals surface area contributed by atoms with Crippen molar-refractivity contribution in [1.82, 2.24) is 14.5 Å². The number of sulfone groups is 1. The maximum atomic E-state index is 13.5. The number of hydrogen-bond donors (Lipinski definition) is 1. The summed E-state index contributed by atoms with van der Waals surface area (Å²) in [5, 5.41) is 0. The van der Waals surface area contributed by atoms with Crippen LogP contribution in [0.2, 0.25) is 0 Å². The lowest BCUT2D eigenvalue weighted by Gasteiger charge is -2.08. The molecule has 0 saturated heterocycles. The molecule has 2 N–H and O–H groups in total. The Hall–Kier alpha value is -3.78. The summed E-state index contributed by atoms with van der Waals surface area (Å²) in [6.07, 6.45) is 1.55. The van der Waals surface area contributed by atoms with Gasteiger partial charge in [-0.15, -0.1) is 0 Å². The van der Waals surface area contributed by atoms with E-state index in [2.05, 4.69) is 17.1 Å². The van der Waals surface area contributed by atoms with Crippen LogP contribution in [0.4, 0.5) is 10.2 Å². The summed E-state index contributed by atoms with van der Waals surface area (Å²) >= 11 is 0. The highest BCUT2D eigenvalue weighted by molar-refractivity contribution is 7.92. The van der Waals surface area contributed by atoms with E-state index in [0.717, 1.165) is 25.0 Å². The van der Waals surface area contributed by atoms with Crippen LogP contribution in [-0.4, -0.2) is 23.0 Å². The molecule has 33 heavy (non-hydrogen) atoms. The molecule has 0 aliphatic heterocycles. The minimum absolute atomic E-state index is 0.0473. The topological polar surface area (TPSA) is 90.9 Å². The van der Waals surface area contributed by atoms with Gasteiger partial charge in [-0.1, -0.05) is 42.5 Å². The van der Waals surface area contributed by atoms with E-state index in [-0.39, 0.29) is 21.1 Å². The molecule has 0 aliphatic rings. The summed E-state index contributed by atoms with van der Waals surface area (Å²) in [5.74, 6) is -0.436. The summed E-state index contributed by atoms with van der Waals surface area (Å²) in [6, 6.07) is 22.0. The number of nitrogens with zero attached hydrogens (tertiary/aromatic N) is 3. The fourth-order valence-corrected chi connectivity index (χ4v) is 5.51. The Kier molecular flexibility index (Phi) is 5.30. The Morgan fingerprint density at radius 3 is 2.18 bits per heavy atom. The first-order valence-corrected chi connectivity index (χ1v) is 12.0. The molecule has 5 aromatic rings. The van der Waals surface area contributed by atoms with Gasteiger partial charge in [0.25, 0.3) is 0 Å². The number of fused-ring (bicyclic) bond motifs is 2. The smallest absolute Gasteiger partial charge is 0.212 e. The van der Waals surface area contributed by atoms with Gasteiger partial charge in [0.1, 0.15) is 22.0 Å². The average Bonchev–Trinajstić information content (AvgIpc) is 3.09. The van der Waals surface area contributed by atoms with E-state index >= 15 is 0 Å². The van der Waals surface area contributed by atoms with Crippen LogP contribution < -0.4 is 5.73 Å². The third-order valence-corrected chi connectivity index (χ3v) is 7.46. The Labute approximate surface area is 190 Å². The maximum Gasteiger partial charge on any atom is 0.212 e. The van der Waals surface area contributed by atoms with Crippen molar-refractivity contribution in [2.75, 3.05) is 5.73 Å². The second kappa shape index (κ2) is 8.29. The zero-order chi connectivity index (χ0) is 23.0. The third kappa shape index (κ3) is 3.82. The molecule has 166 valence electrons. The van der Waals surface area contributed by atoms with Crippen molar-refractivity contribution in [2.45, 2.75) is 29.2 Å². The standard InChI is InChI=1S/C25H21FN4O2S/c26-18-12-14-19(15-13-18)33(31,32)23-22-25(29-21-11-5-4-10-20(21)28-22)30(24(23)27)16-6-9-17-7-2-1-3-8-17/h1-5,7-8,10-15H,6,9,16,27H2. The Balaban J connectivity index is 1.66. The average molecular weight is 461 g/mol. The number of rotatable bonds is 6. The number of aryl methyl sites for hydroxylation is 2. The highest BCUT2D eigenvalue weighted by Gasteiger charge is 2.30. The lowest BCUT2D eigenvalue weighted by atomic mass is 10.1. The van der Waals surface area contributed by atoms with Crippen molar-refractivity contribution in [3.05, 3.63) is 90.2 Å². The quantitative estimate of drug-likeness (QED) is 0.369. The molecule has 0 atom stereocenters. The summed E-state index contributed by atoms with van der Waals surface area (Å²) < 4.78 is 42.2. The van der Waals surface area contributed by atoms with Crippen LogP contribution in [-0.2, 0) is 22.8 Å². The number of anilines is 1. The molecule has 0 amide bonds. The fourth-order valence-electron chi connectivity index (χ4n) is 4.00. The number of benzene rings is 3. The third-order valence-electron chi connectivity index (χ3n) is 5.63. The zero-order valence-electron chi connectivity index (χ0n) is 17.6. The molecule has 0 aliphatic carbocycles.